The van der Waals surface area contributed by atoms with Crippen molar-refractivity contribution >= 4 is 165 Å². The second-order valence-electron chi connectivity index (χ2n) is 9.44. The molecule has 0 bridgehead atoms. The number of hydrogen-bond acceptors (Lipinski definition) is 6. The molecule has 0 amide bonds. The van der Waals surface area contributed by atoms with Crippen LogP contribution in [-0.2, 0) is 0 Å². The Kier molecular flexibility index (Phi) is 3.60. The molecular formula is C30H12S6. The fraction of sp³-hybridized carbons (Fsp3) is 0. The van der Waals surface area contributed by atoms with Crippen LogP contribution >= 0.6 is 68.0 Å². The Morgan fingerprint density at radius 1 is 0.194 bits per heavy atom. The number of thiophene rings is 6. The normalized spacial score (nSPS) is 13.0. The molecule has 6 heterocycles. The van der Waals surface area contributed by atoms with Crippen molar-refractivity contribution in [3.05, 3.63) is 64.6 Å². The second kappa shape index (κ2) is 6.64. The van der Waals surface area contributed by atoms with Crippen LogP contribution in [0.4, 0.5) is 0 Å². The Hall–Kier alpha value is -2.58. The van der Waals surface area contributed by atoms with E-state index in [0.717, 1.165) is 0 Å². The van der Waals surface area contributed by atoms with Crippen LogP contribution in [0, 0.1) is 0 Å². The van der Waals surface area contributed by atoms with Gasteiger partial charge in [0.1, 0.15) is 0 Å². The predicted molar refractivity (Wildman–Crippen MR) is 171 cm³/mol. The second-order valence-corrected chi connectivity index (χ2v) is 13.9. The molecule has 0 aliphatic rings. The van der Waals surface area contributed by atoms with Gasteiger partial charge in [0.15, 0.2) is 0 Å². The summed E-state index contributed by atoms with van der Waals surface area (Å²) in [5, 5.41) is 54.0. The van der Waals surface area contributed by atoms with Gasteiger partial charge in [-0.1, -0.05) is 0 Å². The van der Waals surface area contributed by atoms with E-state index in [4.69, 9.17) is 0 Å². The molecule has 6 heteroatoms. The maximum Gasteiger partial charge on any atom is 0.00169 e. The van der Waals surface area contributed by atoms with Crippen molar-refractivity contribution in [2.24, 2.45) is 0 Å². The number of hydrogen-bond donors (Lipinski definition) is 0. The smallest absolute Gasteiger partial charge is 0.00169 e. The monoisotopic (exact) mass is 564 g/mol. The first-order valence-corrected chi connectivity index (χ1v) is 17.2. The lowest BCUT2D eigenvalue weighted by Gasteiger charge is -2.17. The van der Waals surface area contributed by atoms with Crippen molar-refractivity contribution < 1.29 is 0 Å². The fourth-order valence-electron chi connectivity index (χ4n) is 6.56. The van der Waals surface area contributed by atoms with Crippen LogP contribution in [0.3, 0.4) is 0 Å². The minimum absolute atomic E-state index is 1.40. The van der Waals surface area contributed by atoms with Crippen molar-refractivity contribution in [2.75, 3.05) is 0 Å². The Morgan fingerprint density at radius 2 is 0.333 bits per heavy atom. The largest absolute Gasteiger partial charge is 0.151 e. The third-order valence-corrected chi connectivity index (χ3v) is 12.4. The molecule has 4 aromatic carbocycles. The minimum atomic E-state index is 1.40. The van der Waals surface area contributed by atoms with Crippen LogP contribution in [0.5, 0.6) is 0 Å². The van der Waals surface area contributed by atoms with E-state index in [9.17, 15) is 0 Å². The highest BCUT2D eigenvalue weighted by molar-refractivity contribution is 7.12. The topological polar surface area (TPSA) is 0 Å². The van der Waals surface area contributed by atoms with Gasteiger partial charge in [0, 0.05) is 97.0 Å². The fourth-order valence-corrected chi connectivity index (χ4v) is 11.6. The zero-order valence-corrected chi connectivity index (χ0v) is 23.3. The number of rotatable bonds is 0. The van der Waals surface area contributed by atoms with Gasteiger partial charge in [0.25, 0.3) is 0 Å². The highest BCUT2D eigenvalue weighted by atomic mass is 32.1. The highest BCUT2D eigenvalue weighted by Gasteiger charge is 2.24. The molecule has 10 rings (SSSR count). The first kappa shape index (κ1) is 19.5. The summed E-state index contributed by atoms with van der Waals surface area (Å²) in [5.74, 6) is 0. The van der Waals surface area contributed by atoms with E-state index in [1.165, 1.54) is 97.0 Å². The summed E-state index contributed by atoms with van der Waals surface area (Å²) in [6, 6.07) is 0. The van der Waals surface area contributed by atoms with Crippen molar-refractivity contribution in [3.63, 3.8) is 0 Å². The molecule has 0 aliphatic carbocycles. The molecule has 36 heavy (non-hydrogen) atoms. The third-order valence-electron chi connectivity index (χ3n) is 7.96. The van der Waals surface area contributed by atoms with E-state index < -0.39 is 0 Å². The van der Waals surface area contributed by atoms with Crippen molar-refractivity contribution in [1.82, 2.24) is 0 Å². The summed E-state index contributed by atoms with van der Waals surface area (Å²) in [6.07, 6.45) is 0. The maximum absolute atomic E-state index is 2.39. The van der Waals surface area contributed by atoms with Gasteiger partial charge in [-0.2, -0.15) is 68.0 Å². The van der Waals surface area contributed by atoms with Crippen molar-refractivity contribution in [1.29, 1.82) is 0 Å². The quantitative estimate of drug-likeness (QED) is 0.161. The lowest BCUT2D eigenvalue weighted by atomic mass is 9.84. The van der Waals surface area contributed by atoms with Gasteiger partial charge in [-0.15, -0.1) is 0 Å². The SMILES string of the molecule is c1scc2c1c1cscc1c1c2c2c3cscc3c3cscc3c2c2c3cscc3c3cscc3c12. The summed E-state index contributed by atoms with van der Waals surface area (Å²) >= 11 is 11.0. The van der Waals surface area contributed by atoms with Gasteiger partial charge in [0.05, 0.1) is 0 Å². The first-order chi connectivity index (χ1) is 17.9. The van der Waals surface area contributed by atoms with E-state index in [1.807, 2.05) is 68.0 Å². The average molecular weight is 565 g/mol. The summed E-state index contributed by atoms with van der Waals surface area (Å²) in [5.41, 5.74) is 0. The lowest BCUT2D eigenvalue weighted by molar-refractivity contribution is 2.07. The maximum atomic E-state index is 2.39. The zero-order valence-electron chi connectivity index (χ0n) is 18.4. The Bertz CT molecular complexity index is 2050. The third kappa shape index (κ3) is 2.11. The van der Waals surface area contributed by atoms with Crippen LogP contribution in [0.15, 0.2) is 64.6 Å². The van der Waals surface area contributed by atoms with Crippen molar-refractivity contribution in [3.8, 4) is 0 Å². The van der Waals surface area contributed by atoms with E-state index >= 15 is 0 Å². The van der Waals surface area contributed by atoms with Crippen LogP contribution in [-0.4, -0.2) is 0 Å². The van der Waals surface area contributed by atoms with Crippen LogP contribution in [0.2, 0.25) is 0 Å². The minimum Gasteiger partial charge on any atom is -0.151 e. The van der Waals surface area contributed by atoms with Gasteiger partial charge in [-0.3, -0.25) is 0 Å². The number of fused-ring (bicyclic) bond motifs is 21. The van der Waals surface area contributed by atoms with Crippen molar-refractivity contribution in [2.45, 2.75) is 0 Å². The Balaban J connectivity index is 1.78. The summed E-state index contributed by atoms with van der Waals surface area (Å²) < 4.78 is 0. The molecule has 10 aromatic rings. The summed E-state index contributed by atoms with van der Waals surface area (Å²) in [7, 11) is 0. The molecule has 0 unspecified atom stereocenters. The zero-order chi connectivity index (χ0) is 23.1. The van der Waals surface area contributed by atoms with Gasteiger partial charge >= 0.3 is 0 Å². The Labute approximate surface area is 227 Å². The predicted octanol–water partition coefficient (Wildman–Crippen LogP) is 12.4. The van der Waals surface area contributed by atoms with E-state index in [0.29, 0.717) is 0 Å². The van der Waals surface area contributed by atoms with Gasteiger partial charge < -0.3 is 0 Å². The van der Waals surface area contributed by atoms with E-state index in [-0.39, 0.29) is 0 Å². The van der Waals surface area contributed by atoms with E-state index in [1.54, 1.807) is 0 Å². The van der Waals surface area contributed by atoms with E-state index in [2.05, 4.69) is 64.6 Å². The molecule has 0 atom stereocenters. The molecule has 0 nitrogen and oxygen atoms in total. The molecule has 6 aromatic heterocycles. The molecule has 0 N–H and O–H groups in total. The first-order valence-electron chi connectivity index (χ1n) is 11.5. The standard InChI is InChI=1S/C30H12S6/c1-13-14-2-32-8-20(14)26-25(19(13)7-31-1)27-21-9-33-3-15(21)16-4-35-11-23(16)29(27)30-24-12-36-6-18(24)17-5-34-10-22(17)28(26)30/h1-12H. The Morgan fingerprint density at radius 3 is 0.500 bits per heavy atom. The van der Waals surface area contributed by atoms with Crippen LogP contribution < -0.4 is 0 Å². The molecule has 0 fully saturated rings. The average Bonchev–Trinajstić information content (AvgIpc) is 3.73. The lowest BCUT2D eigenvalue weighted by Crippen LogP contribution is -1.89. The van der Waals surface area contributed by atoms with Gasteiger partial charge in [-0.25, -0.2) is 0 Å². The van der Waals surface area contributed by atoms with Gasteiger partial charge in [-0.05, 0) is 64.6 Å². The number of benzene rings is 4. The molecule has 0 aliphatic heterocycles. The molecule has 0 spiro atoms. The summed E-state index contributed by atoms with van der Waals surface area (Å²) in [4.78, 5) is 0. The summed E-state index contributed by atoms with van der Waals surface area (Å²) in [6.45, 7) is 0. The molecular weight excluding hydrogens is 553 g/mol. The van der Waals surface area contributed by atoms with Crippen LogP contribution in [0.25, 0.3) is 97.0 Å². The molecule has 0 radical (unpaired) electrons. The van der Waals surface area contributed by atoms with Crippen LogP contribution in [0.1, 0.15) is 0 Å². The molecule has 168 valence electrons. The highest BCUT2D eigenvalue weighted by Crippen LogP contribution is 2.54. The van der Waals surface area contributed by atoms with Gasteiger partial charge in [0.2, 0.25) is 0 Å². The molecule has 0 saturated carbocycles. The molecule has 0 saturated heterocycles.